The van der Waals surface area contributed by atoms with Crippen LogP contribution in [0.25, 0.3) is 0 Å². The molecule has 10 nitrogen and oxygen atoms in total. The van der Waals surface area contributed by atoms with Crippen molar-refractivity contribution in [2.75, 3.05) is 16.3 Å². The summed E-state index contributed by atoms with van der Waals surface area (Å²) in [6, 6.07) is 28.0. The fourth-order valence-electron chi connectivity index (χ4n) is 7.66. The minimum Gasteiger partial charge on any atom is -0.426 e. The first-order valence-electron chi connectivity index (χ1n) is 14.7. The van der Waals surface area contributed by atoms with E-state index in [0.717, 1.165) is 22.3 Å². The average molecular weight is 600 g/mol. The number of nitrogens with zero attached hydrogens (tertiary/aromatic N) is 3. The summed E-state index contributed by atoms with van der Waals surface area (Å²) in [7, 11) is 0. The third-order valence-electron chi connectivity index (χ3n) is 9.59. The van der Waals surface area contributed by atoms with Crippen molar-refractivity contribution in [3.05, 3.63) is 129 Å². The molecule has 5 aliphatic rings. The van der Waals surface area contributed by atoms with Gasteiger partial charge in [0.1, 0.15) is 5.75 Å². The first-order chi connectivity index (χ1) is 21.8. The van der Waals surface area contributed by atoms with Crippen LogP contribution in [0.2, 0.25) is 0 Å². The van der Waals surface area contributed by atoms with Gasteiger partial charge in [-0.25, -0.2) is 4.90 Å². The van der Waals surface area contributed by atoms with E-state index in [0.29, 0.717) is 11.4 Å². The number of rotatable bonds is 5. The van der Waals surface area contributed by atoms with Gasteiger partial charge < -0.3 is 9.64 Å². The topological polar surface area (TPSA) is 127 Å². The molecular formula is C35H25N3O7. The monoisotopic (exact) mass is 599 g/mol. The summed E-state index contributed by atoms with van der Waals surface area (Å²) in [6.45, 7) is 0.0836. The number of hydrogen-bond acceptors (Lipinski definition) is 7. The van der Waals surface area contributed by atoms with E-state index in [4.69, 9.17) is 4.74 Å². The molecule has 2 aliphatic heterocycles. The zero-order chi connectivity index (χ0) is 31.0. The number of amides is 3. The van der Waals surface area contributed by atoms with Crippen molar-refractivity contribution in [2.45, 2.75) is 18.3 Å². The zero-order valence-corrected chi connectivity index (χ0v) is 23.7. The van der Waals surface area contributed by atoms with Gasteiger partial charge in [-0.15, -0.1) is 0 Å². The Balaban J connectivity index is 0.997. The molecule has 3 atom stereocenters. The van der Waals surface area contributed by atoms with E-state index in [2.05, 4.69) is 24.3 Å². The Morgan fingerprint density at radius 3 is 1.69 bits per heavy atom. The molecule has 4 aromatic carbocycles. The standard InChI is InChI=1S/C35H25N3O7/c39-28-17-19(18-36(28)20-9-11-22(12-10-20)38(43)44)35(42)45-23-15-13-21(14-16-23)37-33(40)31-29-24-5-1-2-6-25(24)30(32(31)34(37)41)27-8-4-3-7-26(27)29/h1-16,19,29-32H,17-18H2/t19-,29?,30?,31-,32+/m1/s1. The molecule has 0 aromatic heterocycles. The first-order valence-corrected chi connectivity index (χ1v) is 14.7. The largest absolute Gasteiger partial charge is 0.426 e. The normalized spacial score (nSPS) is 24.4. The smallest absolute Gasteiger partial charge is 0.316 e. The summed E-state index contributed by atoms with van der Waals surface area (Å²) in [5.74, 6) is -3.24. The third-order valence-corrected chi connectivity index (χ3v) is 9.59. The molecule has 222 valence electrons. The summed E-state index contributed by atoms with van der Waals surface area (Å²) in [4.78, 5) is 66.7. The zero-order valence-electron chi connectivity index (χ0n) is 23.7. The van der Waals surface area contributed by atoms with E-state index in [9.17, 15) is 29.3 Å². The summed E-state index contributed by atoms with van der Waals surface area (Å²) in [5.41, 5.74) is 5.19. The van der Waals surface area contributed by atoms with Gasteiger partial charge in [0.05, 0.1) is 28.4 Å². The maximum absolute atomic E-state index is 14.0. The molecule has 2 fully saturated rings. The maximum Gasteiger partial charge on any atom is 0.316 e. The highest BCUT2D eigenvalue weighted by atomic mass is 16.6. The Hall–Kier alpha value is -5.64. The van der Waals surface area contributed by atoms with Crippen LogP contribution < -0.4 is 14.5 Å². The molecule has 3 aliphatic carbocycles. The summed E-state index contributed by atoms with van der Waals surface area (Å²) in [6.07, 6.45) is -0.0550. The molecule has 0 unspecified atom stereocenters. The van der Waals surface area contributed by atoms with Crippen LogP contribution in [0, 0.1) is 27.9 Å². The minimum absolute atomic E-state index is 0.0550. The van der Waals surface area contributed by atoms with Gasteiger partial charge in [-0.05, 0) is 58.7 Å². The maximum atomic E-state index is 14.0. The molecule has 3 amide bonds. The number of esters is 1. The van der Waals surface area contributed by atoms with Gasteiger partial charge in [-0.2, -0.15) is 0 Å². The molecule has 0 saturated carbocycles. The number of benzene rings is 4. The van der Waals surface area contributed by atoms with Crippen LogP contribution in [0.3, 0.4) is 0 Å². The molecule has 0 spiro atoms. The number of anilines is 2. The second kappa shape index (κ2) is 9.95. The van der Waals surface area contributed by atoms with Gasteiger partial charge in [0, 0.05) is 42.6 Å². The lowest BCUT2D eigenvalue weighted by Crippen LogP contribution is -2.41. The number of imide groups is 1. The van der Waals surface area contributed by atoms with E-state index in [1.54, 1.807) is 24.3 Å². The van der Waals surface area contributed by atoms with Crippen molar-refractivity contribution in [3.8, 4) is 5.75 Å². The van der Waals surface area contributed by atoms with Crippen molar-refractivity contribution in [1.29, 1.82) is 0 Å². The SMILES string of the molecule is O=C(Oc1ccc(N2C(=O)[C@@H]3C4c5ccccc5C(c5ccccc54)[C@@H]3C2=O)cc1)[C@@H]1CC(=O)N(c2ccc([N+](=O)[O-])cc2)C1. The highest BCUT2D eigenvalue weighted by Gasteiger charge is 2.61. The van der Waals surface area contributed by atoms with Gasteiger partial charge >= 0.3 is 5.97 Å². The molecule has 2 heterocycles. The molecule has 2 bridgehead atoms. The Labute approximate surface area is 257 Å². The van der Waals surface area contributed by atoms with Gasteiger partial charge in [0.25, 0.3) is 5.69 Å². The lowest BCUT2D eigenvalue weighted by Gasteiger charge is -2.45. The second-order valence-electron chi connectivity index (χ2n) is 11.9. The Bertz CT molecular complexity index is 1820. The van der Waals surface area contributed by atoms with Crippen LogP contribution in [0.5, 0.6) is 5.75 Å². The number of non-ortho nitro benzene ring substituents is 1. The fraction of sp³-hybridized carbons (Fsp3) is 0.200. The molecular weight excluding hydrogens is 574 g/mol. The van der Waals surface area contributed by atoms with E-state index >= 15 is 0 Å². The molecule has 4 aromatic rings. The van der Waals surface area contributed by atoms with Gasteiger partial charge in [-0.1, -0.05) is 48.5 Å². The van der Waals surface area contributed by atoms with Gasteiger partial charge in [0.2, 0.25) is 17.7 Å². The van der Waals surface area contributed by atoms with Gasteiger partial charge in [-0.3, -0.25) is 29.3 Å². The number of hydrogen-bond donors (Lipinski definition) is 0. The molecule has 9 rings (SSSR count). The Kier molecular flexibility index (Phi) is 5.96. The highest BCUT2D eigenvalue weighted by molar-refractivity contribution is 6.23. The lowest BCUT2D eigenvalue weighted by atomic mass is 9.55. The van der Waals surface area contributed by atoms with Crippen molar-refractivity contribution in [1.82, 2.24) is 0 Å². The summed E-state index contributed by atoms with van der Waals surface area (Å²) >= 11 is 0. The van der Waals surface area contributed by atoms with E-state index in [-0.39, 0.29) is 54.0 Å². The predicted octanol–water partition coefficient (Wildman–Crippen LogP) is 4.95. The fourth-order valence-corrected chi connectivity index (χ4v) is 7.66. The Morgan fingerprint density at radius 1 is 0.711 bits per heavy atom. The number of carbonyl (C=O) groups is 4. The number of nitro groups is 1. The average Bonchev–Trinajstić information content (AvgIpc) is 3.58. The molecule has 10 heteroatoms. The van der Waals surface area contributed by atoms with Crippen LogP contribution in [0.1, 0.15) is 40.5 Å². The predicted molar refractivity (Wildman–Crippen MR) is 162 cm³/mol. The molecule has 45 heavy (non-hydrogen) atoms. The van der Waals surface area contributed by atoms with Crippen LogP contribution >= 0.6 is 0 Å². The minimum atomic E-state index is -0.726. The highest BCUT2D eigenvalue weighted by Crippen LogP contribution is 2.61. The lowest BCUT2D eigenvalue weighted by molar-refractivity contribution is -0.384. The quantitative estimate of drug-likeness (QED) is 0.104. The van der Waals surface area contributed by atoms with Gasteiger partial charge in [0.15, 0.2) is 0 Å². The molecule has 2 saturated heterocycles. The van der Waals surface area contributed by atoms with Crippen LogP contribution in [-0.4, -0.2) is 35.2 Å². The first kappa shape index (κ1) is 26.9. The van der Waals surface area contributed by atoms with E-state index in [1.807, 2.05) is 24.3 Å². The summed E-state index contributed by atoms with van der Waals surface area (Å²) < 4.78 is 5.58. The van der Waals surface area contributed by atoms with Crippen LogP contribution in [0.4, 0.5) is 17.1 Å². The van der Waals surface area contributed by atoms with Crippen molar-refractivity contribution in [2.24, 2.45) is 17.8 Å². The molecule has 0 N–H and O–H groups in total. The Morgan fingerprint density at radius 2 is 1.20 bits per heavy atom. The van der Waals surface area contributed by atoms with Crippen molar-refractivity contribution in [3.63, 3.8) is 0 Å². The van der Waals surface area contributed by atoms with Crippen molar-refractivity contribution < 1.29 is 28.8 Å². The number of nitro benzene ring substituents is 1. The summed E-state index contributed by atoms with van der Waals surface area (Å²) in [5, 5.41) is 10.9. The van der Waals surface area contributed by atoms with Crippen LogP contribution in [0.15, 0.2) is 97.1 Å². The van der Waals surface area contributed by atoms with Crippen molar-refractivity contribution >= 4 is 40.8 Å². The van der Waals surface area contributed by atoms with Crippen LogP contribution in [-0.2, 0) is 19.2 Å². The number of carbonyl (C=O) groups excluding carboxylic acids is 4. The third kappa shape index (κ3) is 4.02. The van der Waals surface area contributed by atoms with E-state index in [1.165, 1.54) is 34.1 Å². The number of ether oxygens (including phenoxy) is 1. The molecule has 0 radical (unpaired) electrons. The second-order valence-corrected chi connectivity index (χ2v) is 11.9. The van der Waals surface area contributed by atoms with E-state index < -0.39 is 28.6 Å².